The van der Waals surface area contributed by atoms with Crippen molar-refractivity contribution in [3.05, 3.63) is 53.0 Å². The average Bonchev–Trinajstić information content (AvgIpc) is 3.28. The van der Waals surface area contributed by atoms with Gasteiger partial charge in [-0.25, -0.2) is 4.98 Å². The van der Waals surface area contributed by atoms with Gasteiger partial charge in [-0.3, -0.25) is 4.79 Å². The van der Waals surface area contributed by atoms with Gasteiger partial charge in [-0.2, -0.15) is 0 Å². The molecule has 26 heavy (non-hydrogen) atoms. The van der Waals surface area contributed by atoms with Crippen LogP contribution in [0.1, 0.15) is 28.2 Å². The van der Waals surface area contributed by atoms with Crippen LogP contribution in [0.4, 0.5) is 5.69 Å². The highest BCUT2D eigenvalue weighted by atomic mass is 32.1. The Hall–Kier alpha value is -2.44. The van der Waals surface area contributed by atoms with Gasteiger partial charge in [-0.15, -0.1) is 11.3 Å². The van der Waals surface area contributed by atoms with Crippen LogP contribution >= 0.6 is 11.3 Å². The molecule has 2 heterocycles. The van der Waals surface area contributed by atoms with Gasteiger partial charge in [-0.1, -0.05) is 0 Å². The number of benzene rings is 2. The SMILES string of the molecule is Cc1nc2cc(C(=O)Nc3ccc(OCC4CCCO4)cc3)ccc2s1. The minimum absolute atomic E-state index is 0.148. The summed E-state index contributed by atoms with van der Waals surface area (Å²) in [7, 11) is 0. The number of carbonyl (C=O) groups is 1. The van der Waals surface area contributed by atoms with Crippen molar-refractivity contribution in [2.24, 2.45) is 0 Å². The van der Waals surface area contributed by atoms with Crippen LogP contribution in [0.3, 0.4) is 0 Å². The average molecular weight is 368 g/mol. The number of thiazole rings is 1. The fourth-order valence-corrected chi connectivity index (χ4v) is 3.79. The first kappa shape index (κ1) is 17.0. The van der Waals surface area contributed by atoms with Crippen molar-refractivity contribution in [1.29, 1.82) is 0 Å². The molecule has 2 aromatic carbocycles. The molecule has 0 aliphatic carbocycles. The summed E-state index contributed by atoms with van der Waals surface area (Å²) < 4.78 is 12.4. The van der Waals surface area contributed by atoms with Gasteiger partial charge in [0.25, 0.3) is 5.91 Å². The largest absolute Gasteiger partial charge is 0.491 e. The number of amides is 1. The van der Waals surface area contributed by atoms with E-state index in [-0.39, 0.29) is 12.0 Å². The quantitative estimate of drug-likeness (QED) is 0.724. The zero-order chi connectivity index (χ0) is 17.9. The van der Waals surface area contributed by atoms with E-state index in [1.54, 1.807) is 11.3 Å². The molecule has 1 atom stereocenters. The highest BCUT2D eigenvalue weighted by Crippen LogP contribution is 2.23. The third-order valence-electron chi connectivity index (χ3n) is 4.33. The van der Waals surface area contributed by atoms with E-state index in [4.69, 9.17) is 9.47 Å². The van der Waals surface area contributed by atoms with Crippen LogP contribution < -0.4 is 10.1 Å². The summed E-state index contributed by atoms with van der Waals surface area (Å²) in [5, 5.41) is 3.91. The molecule has 0 saturated carbocycles. The number of rotatable bonds is 5. The highest BCUT2D eigenvalue weighted by molar-refractivity contribution is 7.18. The Bertz CT molecular complexity index is 914. The molecule has 0 radical (unpaired) electrons. The maximum atomic E-state index is 12.5. The molecule has 5 nitrogen and oxygen atoms in total. The van der Waals surface area contributed by atoms with Crippen LogP contribution in [0.25, 0.3) is 10.2 Å². The molecule has 1 amide bonds. The lowest BCUT2D eigenvalue weighted by Gasteiger charge is -2.12. The summed E-state index contributed by atoms with van der Waals surface area (Å²) in [6.45, 7) is 3.36. The second-order valence-corrected chi connectivity index (χ2v) is 7.57. The summed E-state index contributed by atoms with van der Waals surface area (Å²) in [6, 6.07) is 13.0. The Morgan fingerprint density at radius 3 is 2.92 bits per heavy atom. The second kappa shape index (κ2) is 7.43. The number of carbonyl (C=O) groups excluding carboxylic acids is 1. The van der Waals surface area contributed by atoms with Crippen molar-refractivity contribution in [1.82, 2.24) is 4.98 Å². The number of aryl methyl sites for hydroxylation is 1. The van der Waals surface area contributed by atoms with Crippen LogP contribution in [0.15, 0.2) is 42.5 Å². The summed E-state index contributed by atoms with van der Waals surface area (Å²) in [5.41, 5.74) is 2.19. The number of ether oxygens (including phenoxy) is 2. The molecule has 1 aromatic heterocycles. The van der Waals surface area contributed by atoms with E-state index in [0.717, 1.165) is 46.1 Å². The van der Waals surface area contributed by atoms with Crippen molar-refractivity contribution in [2.75, 3.05) is 18.5 Å². The predicted molar refractivity (Wildman–Crippen MR) is 103 cm³/mol. The van der Waals surface area contributed by atoms with E-state index in [0.29, 0.717) is 12.2 Å². The molecule has 1 unspecified atom stereocenters. The molecule has 6 heteroatoms. The Morgan fingerprint density at radius 1 is 1.31 bits per heavy atom. The van der Waals surface area contributed by atoms with Crippen molar-refractivity contribution in [2.45, 2.75) is 25.9 Å². The Kier molecular flexibility index (Phi) is 4.86. The van der Waals surface area contributed by atoms with Gasteiger partial charge in [-0.05, 0) is 62.2 Å². The molecule has 1 aliphatic heterocycles. The van der Waals surface area contributed by atoms with Crippen LogP contribution in [0, 0.1) is 6.92 Å². The maximum Gasteiger partial charge on any atom is 0.255 e. The number of hydrogen-bond acceptors (Lipinski definition) is 5. The van der Waals surface area contributed by atoms with Crippen LogP contribution in [-0.4, -0.2) is 30.2 Å². The molecular weight excluding hydrogens is 348 g/mol. The normalized spacial score (nSPS) is 16.7. The van der Waals surface area contributed by atoms with Crippen molar-refractivity contribution < 1.29 is 14.3 Å². The van der Waals surface area contributed by atoms with Crippen molar-refractivity contribution in [3.63, 3.8) is 0 Å². The standard InChI is InChI=1S/C20H20N2O3S/c1-13-21-18-11-14(4-9-19(18)26-13)20(23)22-15-5-7-16(8-6-15)25-12-17-3-2-10-24-17/h4-9,11,17H,2-3,10,12H2,1H3,(H,22,23). The van der Waals surface area contributed by atoms with E-state index in [1.165, 1.54) is 0 Å². The van der Waals surface area contributed by atoms with Gasteiger partial charge >= 0.3 is 0 Å². The number of nitrogens with one attached hydrogen (secondary N) is 1. The van der Waals surface area contributed by atoms with E-state index >= 15 is 0 Å². The molecular formula is C20H20N2O3S. The monoisotopic (exact) mass is 368 g/mol. The van der Waals surface area contributed by atoms with Crippen LogP contribution in [-0.2, 0) is 4.74 Å². The van der Waals surface area contributed by atoms with Gasteiger partial charge in [0.1, 0.15) is 12.4 Å². The smallest absolute Gasteiger partial charge is 0.255 e. The Morgan fingerprint density at radius 2 is 2.15 bits per heavy atom. The Balaban J connectivity index is 1.38. The molecule has 1 aliphatic rings. The van der Waals surface area contributed by atoms with Gasteiger partial charge in [0.15, 0.2) is 0 Å². The number of aromatic nitrogens is 1. The topological polar surface area (TPSA) is 60.5 Å². The van der Waals surface area contributed by atoms with E-state index in [2.05, 4.69) is 10.3 Å². The molecule has 4 rings (SSSR count). The first-order valence-corrected chi connectivity index (χ1v) is 9.52. The minimum atomic E-state index is -0.148. The molecule has 134 valence electrons. The van der Waals surface area contributed by atoms with E-state index < -0.39 is 0 Å². The zero-order valence-corrected chi connectivity index (χ0v) is 15.3. The van der Waals surface area contributed by atoms with Crippen molar-refractivity contribution >= 4 is 33.1 Å². The third-order valence-corrected chi connectivity index (χ3v) is 5.28. The number of hydrogen-bond donors (Lipinski definition) is 1. The van der Waals surface area contributed by atoms with Gasteiger partial charge in [0.2, 0.25) is 0 Å². The molecule has 3 aromatic rings. The lowest BCUT2D eigenvalue weighted by molar-refractivity contribution is 0.0679. The van der Waals surface area contributed by atoms with Gasteiger partial charge < -0.3 is 14.8 Å². The zero-order valence-electron chi connectivity index (χ0n) is 14.5. The lowest BCUT2D eigenvalue weighted by Crippen LogP contribution is -2.16. The molecule has 0 spiro atoms. The minimum Gasteiger partial charge on any atom is -0.491 e. The molecule has 0 bridgehead atoms. The summed E-state index contributed by atoms with van der Waals surface area (Å²) in [6.07, 6.45) is 2.35. The van der Waals surface area contributed by atoms with Gasteiger partial charge in [0, 0.05) is 17.9 Å². The van der Waals surface area contributed by atoms with Crippen LogP contribution in [0.5, 0.6) is 5.75 Å². The van der Waals surface area contributed by atoms with E-state index in [9.17, 15) is 4.79 Å². The molecule has 1 N–H and O–H groups in total. The van der Waals surface area contributed by atoms with E-state index in [1.807, 2.05) is 49.4 Å². The third kappa shape index (κ3) is 3.86. The first-order chi connectivity index (χ1) is 12.7. The number of anilines is 1. The first-order valence-electron chi connectivity index (χ1n) is 8.70. The second-order valence-electron chi connectivity index (χ2n) is 6.34. The summed E-state index contributed by atoms with van der Waals surface area (Å²) >= 11 is 1.63. The van der Waals surface area contributed by atoms with Crippen molar-refractivity contribution in [3.8, 4) is 5.75 Å². The summed E-state index contributed by atoms with van der Waals surface area (Å²) in [4.78, 5) is 16.9. The fourth-order valence-electron chi connectivity index (χ4n) is 2.99. The van der Waals surface area contributed by atoms with Crippen LogP contribution in [0.2, 0.25) is 0 Å². The lowest BCUT2D eigenvalue weighted by atomic mass is 10.2. The highest BCUT2D eigenvalue weighted by Gasteiger charge is 2.16. The molecule has 1 saturated heterocycles. The van der Waals surface area contributed by atoms with Gasteiger partial charge in [0.05, 0.1) is 21.3 Å². The fraction of sp³-hybridized carbons (Fsp3) is 0.300. The number of fused-ring (bicyclic) bond motifs is 1. The predicted octanol–water partition coefficient (Wildman–Crippen LogP) is 4.41. The summed E-state index contributed by atoms with van der Waals surface area (Å²) in [5.74, 6) is 0.628. The molecule has 1 fully saturated rings. The maximum absolute atomic E-state index is 12.5. The Labute approximate surface area is 156 Å². The number of nitrogens with zero attached hydrogens (tertiary/aromatic N) is 1.